The third-order valence-electron chi connectivity index (χ3n) is 3.21. The van der Waals surface area contributed by atoms with Crippen molar-refractivity contribution in [2.75, 3.05) is 18.0 Å². The highest BCUT2D eigenvalue weighted by Gasteiger charge is 2.24. The van der Waals surface area contributed by atoms with E-state index in [1.165, 1.54) is 19.9 Å². The van der Waals surface area contributed by atoms with Crippen LogP contribution in [0.3, 0.4) is 0 Å². The molecule has 0 saturated carbocycles. The Bertz CT molecular complexity index is 625. The second-order valence-corrected chi connectivity index (χ2v) is 6.68. The first kappa shape index (κ1) is 15.0. The molecule has 6 nitrogen and oxygen atoms in total. The van der Waals surface area contributed by atoms with Gasteiger partial charge < -0.3 is 10.0 Å². The molecular weight excluding hydrogens is 280 g/mol. The molecule has 2 N–H and O–H groups in total. The van der Waals surface area contributed by atoms with Crippen LogP contribution in [0.4, 0.5) is 5.69 Å². The first-order chi connectivity index (χ1) is 9.31. The SMILES string of the molecule is CC(=O)N1CCc2cc(S(=O)(=O)NCC(C)O)ccc21. The summed E-state index contributed by atoms with van der Waals surface area (Å²) in [5.74, 6) is -0.0495. The molecule has 1 heterocycles. The Kier molecular flexibility index (Phi) is 4.12. The largest absolute Gasteiger partial charge is 0.392 e. The molecule has 0 radical (unpaired) electrons. The Labute approximate surface area is 118 Å². The molecule has 0 bridgehead atoms. The van der Waals surface area contributed by atoms with Crippen LogP contribution in [-0.4, -0.2) is 38.6 Å². The lowest BCUT2D eigenvalue weighted by molar-refractivity contribution is -0.116. The quantitative estimate of drug-likeness (QED) is 0.834. The normalized spacial score (nSPS) is 16.1. The Morgan fingerprint density at radius 1 is 1.50 bits per heavy atom. The number of carbonyl (C=O) groups is 1. The number of amides is 1. The van der Waals surface area contributed by atoms with Crippen molar-refractivity contribution in [2.24, 2.45) is 0 Å². The molecule has 0 aromatic heterocycles. The maximum atomic E-state index is 12.0. The number of nitrogens with zero attached hydrogens (tertiary/aromatic N) is 1. The number of rotatable bonds is 4. The molecule has 1 amide bonds. The molecule has 1 atom stereocenters. The zero-order valence-corrected chi connectivity index (χ0v) is 12.3. The van der Waals surface area contributed by atoms with Crippen molar-refractivity contribution in [1.82, 2.24) is 4.72 Å². The van der Waals surface area contributed by atoms with Crippen LogP contribution in [0.5, 0.6) is 0 Å². The number of fused-ring (bicyclic) bond motifs is 1. The molecule has 20 heavy (non-hydrogen) atoms. The van der Waals surface area contributed by atoms with Gasteiger partial charge in [-0.25, -0.2) is 13.1 Å². The molecule has 0 aliphatic carbocycles. The number of hydrogen-bond acceptors (Lipinski definition) is 4. The minimum atomic E-state index is -3.63. The van der Waals surface area contributed by atoms with Gasteiger partial charge in [-0.1, -0.05) is 0 Å². The lowest BCUT2D eigenvalue weighted by atomic mass is 10.2. The molecule has 1 aromatic rings. The molecule has 2 rings (SSSR count). The van der Waals surface area contributed by atoms with Gasteiger partial charge >= 0.3 is 0 Å². The number of aliphatic hydroxyl groups excluding tert-OH is 1. The Balaban J connectivity index is 2.27. The summed E-state index contributed by atoms with van der Waals surface area (Å²) >= 11 is 0. The van der Waals surface area contributed by atoms with Gasteiger partial charge in [-0.2, -0.15) is 0 Å². The highest BCUT2D eigenvalue weighted by Crippen LogP contribution is 2.30. The standard InChI is InChI=1S/C13H18N2O4S/c1-9(16)8-14-20(18,19)12-3-4-13-11(7-12)5-6-15(13)10(2)17/h3-4,7,9,14,16H,5-6,8H2,1-2H3. The molecule has 1 aliphatic heterocycles. The van der Waals surface area contributed by atoms with Gasteiger partial charge in [0.05, 0.1) is 11.0 Å². The van der Waals surface area contributed by atoms with Gasteiger partial charge in [0.25, 0.3) is 0 Å². The summed E-state index contributed by atoms with van der Waals surface area (Å²) in [5, 5.41) is 9.14. The number of benzene rings is 1. The van der Waals surface area contributed by atoms with E-state index in [1.807, 2.05) is 0 Å². The first-order valence-corrected chi connectivity index (χ1v) is 7.88. The van der Waals surface area contributed by atoms with E-state index in [4.69, 9.17) is 5.11 Å². The third kappa shape index (κ3) is 3.00. The second-order valence-electron chi connectivity index (χ2n) is 4.91. The van der Waals surface area contributed by atoms with E-state index in [2.05, 4.69) is 4.72 Å². The molecule has 110 valence electrons. The van der Waals surface area contributed by atoms with E-state index in [9.17, 15) is 13.2 Å². The van der Waals surface area contributed by atoms with Gasteiger partial charge in [-0.15, -0.1) is 0 Å². The summed E-state index contributed by atoms with van der Waals surface area (Å²) in [6.45, 7) is 3.55. The molecule has 7 heteroatoms. The van der Waals surface area contributed by atoms with Crippen molar-refractivity contribution < 1.29 is 18.3 Å². The zero-order valence-electron chi connectivity index (χ0n) is 11.5. The predicted octanol–water partition coefficient (Wildman–Crippen LogP) is 0.255. The van der Waals surface area contributed by atoms with Crippen molar-refractivity contribution in [2.45, 2.75) is 31.3 Å². The van der Waals surface area contributed by atoms with Crippen molar-refractivity contribution in [3.05, 3.63) is 23.8 Å². The summed E-state index contributed by atoms with van der Waals surface area (Å²) in [6, 6.07) is 4.72. The van der Waals surface area contributed by atoms with Crippen LogP contribution in [-0.2, 0) is 21.2 Å². The van der Waals surface area contributed by atoms with E-state index in [0.29, 0.717) is 13.0 Å². The van der Waals surface area contributed by atoms with Crippen LogP contribution in [0.25, 0.3) is 0 Å². The highest BCUT2D eigenvalue weighted by molar-refractivity contribution is 7.89. The fourth-order valence-electron chi connectivity index (χ4n) is 2.19. The summed E-state index contributed by atoms with van der Waals surface area (Å²) in [7, 11) is -3.63. The second kappa shape index (κ2) is 5.51. The van der Waals surface area contributed by atoms with Gasteiger partial charge in [0.2, 0.25) is 15.9 Å². The maximum absolute atomic E-state index is 12.0. The number of sulfonamides is 1. The zero-order chi connectivity index (χ0) is 14.9. The van der Waals surface area contributed by atoms with E-state index < -0.39 is 16.1 Å². The Morgan fingerprint density at radius 2 is 2.20 bits per heavy atom. The summed E-state index contributed by atoms with van der Waals surface area (Å²) in [6.07, 6.45) is -0.0956. The summed E-state index contributed by atoms with van der Waals surface area (Å²) in [5.41, 5.74) is 1.62. The average Bonchev–Trinajstić information content (AvgIpc) is 2.79. The fraction of sp³-hybridized carbons (Fsp3) is 0.462. The van der Waals surface area contributed by atoms with Gasteiger partial charge in [0.15, 0.2) is 0 Å². The number of nitrogens with one attached hydrogen (secondary N) is 1. The van der Waals surface area contributed by atoms with Crippen LogP contribution in [0.2, 0.25) is 0 Å². The lowest BCUT2D eigenvalue weighted by Gasteiger charge is -2.15. The molecular formula is C13H18N2O4S. The van der Waals surface area contributed by atoms with Crippen molar-refractivity contribution >= 4 is 21.6 Å². The Morgan fingerprint density at radius 3 is 2.80 bits per heavy atom. The topological polar surface area (TPSA) is 86.7 Å². The monoisotopic (exact) mass is 298 g/mol. The summed E-state index contributed by atoms with van der Waals surface area (Å²) < 4.78 is 26.4. The molecule has 0 fully saturated rings. The smallest absolute Gasteiger partial charge is 0.240 e. The van der Waals surface area contributed by atoms with Gasteiger partial charge in [-0.05, 0) is 37.1 Å². The molecule has 1 aliphatic rings. The van der Waals surface area contributed by atoms with Gasteiger partial charge in [0, 0.05) is 25.7 Å². The molecule has 0 saturated heterocycles. The fourth-order valence-corrected chi connectivity index (χ4v) is 3.36. The Hall–Kier alpha value is -1.44. The van der Waals surface area contributed by atoms with E-state index >= 15 is 0 Å². The maximum Gasteiger partial charge on any atom is 0.240 e. The minimum Gasteiger partial charge on any atom is -0.392 e. The molecule has 0 spiro atoms. The number of anilines is 1. The van der Waals surface area contributed by atoms with E-state index in [-0.39, 0.29) is 17.3 Å². The molecule has 1 unspecified atom stereocenters. The van der Waals surface area contributed by atoms with Crippen molar-refractivity contribution in [3.63, 3.8) is 0 Å². The third-order valence-corrected chi connectivity index (χ3v) is 4.63. The van der Waals surface area contributed by atoms with Crippen molar-refractivity contribution in [3.8, 4) is 0 Å². The average molecular weight is 298 g/mol. The van der Waals surface area contributed by atoms with E-state index in [0.717, 1.165) is 11.3 Å². The van der Waals surface area contributed by atoms with Crippen LogP contribution >= 0.6 is 0 Å². The van der Waals surface area contributed by atoms with Crippen LogP contribution < -0.4 is 9.62 Å². The first-order valence-electron chi connectivity index (χ1n) is 6.40. The van der Waals surface area contributed by atoms with Crippen molar-refractivity contribution in [1.29, 1.82) is 0 Å². The molecule has 1 aromatic carbocycles. The predicted molar refractivity (Wildman–Crippen MR) is 75.0 cm³/mol. The van der Waals surface area contributed by atoms with Crippen LogP contribution in [0, 0.1) is 0 Å². The highest BCUT2D eigenvalue weighted by atomic mass is 32.2. The number of aliphatic hydroxyl groups is 1. The van der Waals surface area contributed by atoms with E-state index in [1.54, 1.807) is 17.0 Å². The van der Waals surface area contributed by atoms with Gasteiger partial charge in [-0.3, -0.25) is 4.79 Å². The van der Waals surface area contributed by atoms with Crippen LogP contribution in [0.15, 0.2) is 23.1 Å². The van der Waals surface area contributed by atoms with Gasteiger partial charge in [0.1, 0.15) is 0 Å². The van der Waals surface area contributed by atoms with Crippen LogP contribution in [0.1, 0.15) is 19.4 Å². The summed E-state index contributed by atoms with van der Waals surface area (Å²) in [4.78, 5) is 13.2. The lowest BCUT2D eigenvalue weighted by Crippen LogP contribution is -2.30. The number of hydrogen-bond donors (Lipinski definition) is 2. The number of carbonyl (C=O) groups excluding carboxylic acids is 1. The minimum absolute atomic E-state index is 0.0288.